The zero-order chi connectivity index (χ0) is 9.38. The lowest BCUT2D eigenvalue weighted by atomic mass is 9.99. The first kappa shape index (κ1) is 8.38. The molecule has 2 aromatic heterocycles. The minimum atomic E-state index is 0.702. The molecule has 1 aliphatic rings. The number of fused-ring (bicyclic) bond motifs is 1. The van der Waals surface area contributed by atoms with Gasteiger partial charge in [-0.05, 0) is 35.9 Å². The van der Waals surface area contributed by atoms with Crippen molar-refractivity contribution in [1.82, 2.24) is 10.3 Å². The Balaban J connectivity index is 2.11. The van der Waals surface area contributed by atoms with Gasteiger partial charge in [0.15, 0.2) is 0 Å². The predicted octanol–water partition coefficient (Wildman–Crippen LogP) is 2.37. The minimum Gasteiger partial charge on any atom is -0.316 e. The number of hydrogen-bond acceptors (Lipinski definition) is 3. The molecule has 0 aliphatic carbocycles. The van der Waals surface area contributed by atoms with Crippen LogP contribution >= 0.6 is 11.3 Å². The molecule has 3 rings (SSSR count). The summed E-state index contributed by atoms with van der Waals surface area (Å²) in [7, 11) is 0. The van der Waals surface area contributed by atoms with Crippen molar-refractivity contribution < 1.29 is 0 Å². The maximum Gasteiger partial charge on any atom is 0.123 e. The normalized spacial score (nSPS) is 21.9. The molecule has 3 heteroatoms. The van der Waals surface area contributed by atoms with Crippen LogP contribution in [0.1, 0.15) is 17.9 Å². The van der Waals surface area contributed by atoms with E-state index in [1.807, 2.05) is 12.3 Å². The Morgan fingerprint density at radius 3 is 3.36 bits per heavy atom. The fourth-order valence-corrected chi connectivity index (χ4v) is 3.12. The Hall–Kier alpha value is -0.930. The van der Waals surface area contributed by atoms with Gasteiger partial charge < -0.3 is 5.32 Å². The molecule has 0 spiro atoms. The largest absolute Gasteiger partial charge is 0.316 e. The first-order valence-electron chi connectivity index (χ1n) is 4.98. The monoisotopic (exact) mass is 204 g/mol. The number of rotatable bonds is 1. The van der Waals surface area contributed by atoms with Crippen molar-refractivity contribution in [2.45, 2.75) is 12.3 Å². The van der Waals surface area contributed by atoms with Crippen molar-refractivity contribution in [3.63, 3.8) is 0 Å². The SMILES string of the molecule is c1cnc2scc(C3CCNC3)c2c1. The summed E-state index contributed by atoms with van der Waals surface area (Å²) < 4.78 is 0. The molecule has 72 valence electrons. The molecule has 0 aromatic carbocycles. The van der Waals surface area contributed by atoms with E-state index in [2.05, 4.69) is 21.7 Å². The third-order valence-corrected chi connectivity index (χ3v) is 3.80. The van der Waals surface area contributed by atoms with Gasteiger partial charge in [-0.1, -0.05) is 6.07 Å². The van der Waals surface area contributed by atoms with Crippen molar-refractivity contribution >= 4 is 21.6 Å². The number of nitrogens with zero attached hydrogens (tertiary/aromatic N) is 1. The molecule has 1 N–H and O–H groups in total. The number of nitrogens with one attached hydrogen (secondary N) is 1. The minimum absolute atomic E-state index is 0.702. The lowest BCUT2D eigenvalue weighted by molar-refractivity contribution is 0.772. The highest BCUT2D eigenvalue weighted by Gasteiger charge is 2.19. The van der Waals surface area contributed by atoms with E-state index in [1.54, 1.807) is 11.3 Å². The average molecular weight is 204 g/mol. The summed E-state index contributed by atoms with van der Waals surface area (Å²) >= 11 is 1.76. The molecule has 14 heavy (non-hydrogen) atoms. The van der Waals surface area contributed by atoms with E-state index in [0.717, 1.165) is 13.1 Å². The summed E-state index contributed by atoms with van der Waals surface area (Å²) in [5.74, 6) is 0.702. The van der Waals surface area contributed by atoms with Crippen LogP contribution in [0.3, 0.4) is 0 Å². The Morgan fingerprint density at radius 2 is 2.50 bits per heavy atom. The van der Waals surface area contributed by atoms with E-state index in [9.17, 15) is 0 Å². The second-order valence-corrected chi connectivity index (χ2v) is 4.59. The second-order valence-electron chi connectivity index (χ2n) is 3.74. The van der Waals surface area contributed by atoms with Crippen LogP contribution in [0.15, 0.2) is 23.7 Å². The molecule has 1 atom stereocenters. The van der Waals surface area contributed by atoms with E-state index in [1.165, 1.54) is 22.2 Å². The zero-order valence-corrected chi connectivity index (χ0v) is 8.68. The molecule has 2 nitrogen and oxygen atoms in total. The van der Waals surface area contributed by atoms with Gasteiger partial charge in [0.05, 0.1) is 0 Å². The molecule has 0 saturated carbocycles. The highest BCUT2D eigenvalue weighted by molar-refractivity contribution is 7.16. The third-order valence-electron chi connectivity index (χ3n) is 2.88. The molecular weight excluding hydrogens is 192 g/mol. The first-order valence-corrected chi connectivity index (χ1v) is 5.86. The topological polar surface area (TPSA) is 24.9 Å². The standard InChI is InChI=1S/C11H12N2S/c1-2-9-10(8-3-5-12-6-8)7-14-11(9)13-4-1/h1-2,4,7-8,12H,3,5-6H2. The third kappa shape index (κ3) is 1.24. The van der Waals surface area contributed by atoms with Crippen LogP contribution < -0.4 is 5.32 Å². The highest BCUT2D eigenvalue weighted by atomic mass is 32.1. The summed E-state index contributed by atoms with van der Waals surface area (Å²) in [4.78, 5) is 5.55. The Bertz CT molecular complexity index is 443. The molecular formula is C11H12N2S. The smallest absolute Gasteiger partial charge is 0.123 e. The maximum absolute atomic E-state index is 4.37. The number of thiophene rings is 1. The molecule has 1 saturated heterocycles. The summed E-state index contributed by atoms with van der Waals surface area (Å²) in [6.07, 6.45) is 3.14. The Morgan fingerprint density at radius 1 is 1.50 bits per heavy atom. The van der Waals surface area contributed by atoms with Gasteiger partial charge in [-0.2, -0.15) is 0 Å². The van der Waals surface area contributed by atoms with Crippen LogP contribution in [0.25, 0.3) is 10.2 Å². The van der Waals surface area contributed by atoms with Gasteiger partial charge in [0.2, 0.25) is 0 Å². The highest BCUT2D eigenvalue weighted by Crippen LogP contribution is 2.32. The molecule has 1 unspecified atom stereocenters. The van der Waals surface area contributed by atoms with Crippen LogP contribution in [0, 0.1) is 0 Å². The van der Waals surface area contributed by atoms with Crippen molar-refractivity contribution in [2.75, 3.05) is 13.1 Å². The van der Waals surface area contributed by atoms with Gasteiger partial charge >= 0.3 is 0 Å². The van der Waals surface area contributed by atoms with Crippen molar-refractivity contribution in [1.29, 1.82) is 0 Å². The Labute approximate surface area is 87.0 Å². The van der Waals surface area contributed by atoms with Crippen LogP contribution in [0.2, 0.25) is 0 Å². The van der Waals surface area contributed by atoms with Gasteiger partial charge in [0, 0.05) is 18.1 Å². The molecule has 0 bridgehead atoms. The predicted molar refractivity (Wildman–Crippen MR) is 59.8 cm³/mol. The summed E-state index contributed by atoms with van der Waals surface area (Å²) in [5.41, 5.74) is 1.49. The summed E-state index contributed by atoms with van der Waals surface area (Å²) in [6.45, 7) is 2.28. The van der Waals surface area contributed by atoms with E-state index < -0.39 is 0 Å². The van der Waals surface area contributed by atoms with Crippen molar-refractivity contribution in [3.05, 3.63) is 29.3 Å². The van der Waals surface area contributed by atoms with E-state index in [4.69, 9.17) is 0 Å². The van der Waals surface area contributed by atoms with E-state index >= 15 is 0 Å². The first-order chi connectivity index (χ1) is 6.95. The molecule has 2 aromatic rings. The van der Waals surface area contributed by atoms with Gasteiger partial charge in [-0.15, -0.1) is 11.3 Å². The fourth-order valence-electron chi connectivity index (χ4n) is 2.12. The second kappa shape index (κ2) is 3.33. The molecule has 0 radical (unpaired) electrons. The summed E-state index contributed by atoms with van der Waals surface area (Å²) in [6, 6.07) is 4.22. The average Bonchev–Trinajstić information content (AvgIpc) is 2.85. The molecule has 1 aliphatic heterocycles. The lowest BCUT2D eigenvalue weighted by Gasteiger charge is -2.05. The van der Waals surface area contributed by atoms with Gasteiger partial charge in [0.1, 0.15) is 4.83 Å². The summed E-state index contributed by atoms with van der Waals surface area (Å²) in [5, 5.41) is 7.04. The number of hydrogen-bond donors (Lipinski definition) is 1. The number of pyridine rings is 1. The van der Waals surface area contributed by atoms with Gasteiger partial charge in [-0.3, -0.25) is 0 Å². The molecule has 3 heterocycles. The molecule has 1 fully saturated rings. The van der Waals surface area contributed by atoms with Crippen molar-refractivity contribution in [2.24, 2.45) is 0 Å². The quantitative estimate of drug-likeness (QED) is 0.771. The number of aromatic nitrogens is 1. The van der Waals surface area contributed by atoms with Crippen LogP contribution in [-0.2, 0) is 0 Å². The van der Waals surface area contributed by atoms with Gasteiger partial charge in [-0.25, -0.2) is 4.98 Å². The Kier molecular flexibility index (Phi) is 2.00. The van der Waals surface area contributed by atoms with E-state index in [0.29, 0.717) is 5.92 Å². The van der Waals surface area contributed by atoms with Crippen molar-refractivity contribution in [3.8, 4) is 0 Å². The molecule has 0 amide bonds. The maximum atomic E-state index is 4.37. The van der Waals surface area contributed by atoms with Crippen LogP contribution in [0.5, 0.6) is 0 Å². The zero-order valence-electron chi connectivity index (χ0n) is 7.86. The fraction of sp³-hybridized carbons (Fsp3) is 0.364. The van der Waals surface area contributed by atoms with Crippen LogP contribution in [-0.4, -0.2) is 18.1 Å². The van der Waals surface area contributed by atoms with Crippen LogP contribution in [0.4, 0.5) is 0 Å². The van der Waals surface area contributed by atoms with Gasteiger partial charge in [0.25, 0.3) is 0 Å². The lowest BCUT2D eigenvalue weighted by Crippen LogP contribution is -2.07. The van der Waals surface area contributed by atoms with E-state index in [-0.39, 0.29) is 0 Å².